The average molecular weight is 314 g/mol. The fraction of sp³-hybridized carbons (Fsp3) is 0.353. The number of fused-ring (bicyclic) bond motifs is 1. The molecule has 1 aromatic carbocycles. The quantitative estimate of drug-likeness (QED) is 0.785. The highest BCUT2D eigenvalue weighted by Crippen LogP contribution is 2.21. The van der Waals surface area contributed by atoms with Gasteiger partial charge in [-0.05, 0) is 25.0 Å². The lowest BCUT2D eigenvalue weighted by Gasteiger charge is -2.16. The predicted octanol–water partition coefficient (Wildman–Crippen LogP) is 1.91. The van der Waals surface area contributed by atoms with Crippen molar-refractivity contribution in [2.24, 2.45) is 11.7 Å². The molecule has 1 aromatic heterocycles. The fourth-order valence-electron chi connectivity index (χ4n) is 2.20. The van der Waals surface area contributed by atoms with Crippen molar-refractivity contribution >= 4 is 28.5 Å². The summed E-state index contributed by atoms with van der Waals surface area (Å²) in [6.45, 7) is 6.12. The maximum atomic E-state index is 12.3. The van der Waals surface area contributed by atoms with Crippen molar-refractivity contribution in [1.29, 1.82) is 0 Å². The highest BCUT2D eigenvalue weighted by molar-refractivity contribution is 6.07. The third-order valence-electron chi connectivity index (χ3n) is 3.57. The van der Waals surface area contributed by atoms with E-state index in [0.717, 1.165) is 5.39 Å². The maximum absolute atomic E-state index is 12.3. The summed E-state index contributed by atoms with van der Waals surface area (Å²) in [7, 11) is 0. The largest absolute Gasteiger partial charge is 0.352 e. The molecule has 1 atom stereocenters. The van der Waals surface area contributed by atoms with Crippen molar-refractivity contribution in [3.8, 4) is 0 Å². The van der Waals surface area contributed by atoms with Crippen LogP contribution >= 0.6 is 0 Å². The molecular formula is C17H22N4O2. The Morgan fingerprint density at radius 3 is 2.61 bits per heavy atom. The number of nitrogens with one attached hydrogen (secondary N) is 2. The summed E-state index contributed by atoms with van der Waals surface area (Å²) < 4.78 is 0. The van der Waals surface area contributed by atoms with Gasteiger partial charge in [0.15, 0.2) is 0 Å². The zero-order valence-electron chi connectivity index (χ0n) is 13.6. The number of anilines is 1. The number of carbonyl (C=O) groups excluding carboxylic acids is 2. The van der Waals surface area contributed by atoms with E-state index in [-0.39, 0.29) is 17.7 Å². The minimum absolute atomic E-state index is 0.0123. The van der Waals surface area contributed by atoms with Crippen molar-refractivity contribution in [2.45, 2.75) is 26.8 Å². The summed E-state index contributed by atoms with van der Waals surface area (Å²) in [6.07, 6.45) is 0. The summed E-state index contributed by atoms with van der Waals surface area (Å²) in [5.41, 5.74) is 6.97. The highest BCUT2D eigenvalue weighted by atomic mass is 16.2. The average Bonchev–Trinajstić information content (AvgIpc) is 2.53. The van der Waals surface area contributed by atoms with Gasteiger partial charge in [0, 0.05) is 11.9 Å². The normalized spacial score (nSPS) is 12.2. The molecule has 0 saturated heterocycles. The van der Waals surface area contributed by atoms with Crippen LogP contribution in [0.3, 0.4) is 0 Å². The smallest absolute Gasteiger partial charge is 0.252 e. The molecular weight excluding hydrogens is 292 g/mol. The molecule has 0 saturated carbocycles. The number of nitrogens with two attached hydrogens (primary N) is 1. The Bertz CT molecular complexity index is 728. The van der Waals surface area contributed by atoms with E-state index in [1.807, 2.05) is 39.0 Å². The number of para-hydroxylation sites is 1. The van der Waals surface area contributed by atoms with E-state index in [9.17, 15) is 9.59 Å². The Morgan fingerprint density at radius 2 is 1.96 bits per heavy atom. The molecule has 0 aliphatic rings. The second-order valence-electron chi connectivity index (χ2n) is 5.69. The maximum Gasteiger partial charge on any atom is 0.252 e. The first-order chi connectivity index (χ1) is 10.9. The van der Waals surface area contributed by atoms with Gasteiger partial charge in [-0.25, -0.2) is 4.98 Å². The topological polar surface area (TPSA) is 97.1 Å². The standard InChI is InChI=1S/C17H22N4O2/c1-4-19-16(22)12-9-14(21-17(23)15(18)10(2)3)20-13-8-6-5-7-11(12)13/h5-10,15H,4,18H2,1-3H3,(H,19,22)(H,20,21,23)/t15-/m0/s1. The molecule has 2 rings (SSSR count). The third-order valence-corrected chi connectivity index (χ3v) is 3.57. The number of nitrogens with zero attached hydrogens (tertiary/aromatic N) is 1. The van der Waals surface area contributed by atoms with Gasteiger partial charge in [-0.2, -0.15) is 0 Å². The Kier molecular flexibility index (Phi) is 5.28. The third kappa shape index (κ3) is 3.84. The molecule has 1 heterocycles. The summed E-state index contributed by atoms with van der Waals surface area (Å²) >= 11 is 0. The molecule has 0 radical (unpaired) electrons. The van der Waals surface area contributed by atoms with Crippen LogP contribution in [0, 0.1) is 5.92 Å². The molecule has 6 nitrogen and oxygen atoms in total. The number of hydrogen-bond acceptors (Lipinski definition) is 4. The van der Waals surface area contributed by atoms with E-state index in [1.165, 1.54) is 0 Å². The first kappa shape index (κ1) is 16.9. The number of aromatic nitrogens is 1. The molecule has 6 heteroatoms. The number of pyridine rings is 1. The molecule has 122 valence electrons. The van der Waals surface area contributed by atoms with Gasteiger partial charge in [0.25, 0.3) is 5.91 Å². The Hall–Kier alpha value is -2.47. The van der Waals surface area contributed by atoms with Crippen LogP contribution < -0.4 is 16.4 Å². The van der Waals surface area contributed by atoms with E-state index in [2.05, 4.69) is 15.6 Å². The first-order valence-electron chi connectivity index (χ1n) is 7.68. The van der Waals surface area contributed by atoms with Gasteiger partial charge in [-0.1, -0.05) is 32.0 Å². The summed E-state index contributed by atoms with van der Waals surface area (Å²) in [5, 5.41) is 6.21. The van der Waals surface area contributed by atoms with E-state index in [1.54, 1.807) is 12.1 Å². The lowest BCUT2D eigenvalue weighted by Crippen LogP contribution is -2.40. The van der Waals surface area contributed by atoms with Crippen LogP contribution in [0.4, 0.5) is 5.82 Å². The van der Waals surface area contributed by atoms with Gasteiger partial charge in [0.1, 0.15) is 5.82 Å². The lowest BCUT2D eigenvalue weighted by atomic mass is 10.0. The van der Waals surface area contributed by atoms with E-state index < -0.39 is 6.04 Å². The Balaban J connectivity index is 2.42. The van der Waals surface area contributed by atoms with Gasteiger partial charge in [0.2, 0.25) is 5.91 Å². The molecule has 0 unspecified atom stereocenters. The van der Waals surface area contributed by atoms with Crippen LogP contribution in [0.5, 0.6) is 0 Å². The molecule has 0 spiro atoms. The zero-order chi connectivity index (χ0) is 17.0. The zero-order valence-corrected chi connectivity index (χ0v) is 13.6. The SMILES string of the molecule is CCNC(=O)c1cc(NC(=O)[C@@H](N)C(C)C)nc2ccccc12. The number of benzene rings is 1. The number of carbonyl (C=O) groups is 2. The van der Waals surface area contributed by atoms with Crippen molar-refractivity contribution in [1.82, 2.24) is 10.3 Å². The molecule has 0 fully saturated rings. The molecule has 4 N–H and O–H groups in total. The van der Waals surface area contributed by atoms with Gasteiger partial charge in [0.05, 0.1) is 17.1 Å². The number of amides is 2. The van der Waals surface area contributed by atoms with E-state index in [0.29, 0.717) is 23.4 Å². The highest BCUT2D eigenvalue weighted by Gasteiger charge is 2.19. The van der Waals surface area contributed by atoms with Crippen LogP contribution in [0.1, 0.15) is 31.1 Å². The second-order valence-corrected chi connectivity index (χ2v) is 5.69. The molecule has 0 aliphatic carbocycles. The fourth-order valence-corrected chi connectivity index (χ4v) is 2.20. The molecule has 2 aromatic rings. The molecule has 23 heavy (non-hydrogen) atoms. The first-order valence-corrected chi connectivity index (χ1v) is 7.68. The van der Waals surface area contributed by atoms with Gasteiger partial charge in [-0.15, -0.1) is 0 Å². The number of hydrogen-bond donors (Lipinski definition) is 3. The summed E-state index contributed by atoms with van der Waals surface area (Å²) in [5.74, 6) is -0.177. The predicted molar refractivity (Wildman–Crippen MR) is 91.2 cm³/mol. The second kappa shape index (κ2) is 7.19. The van der Waals surface area contributed by atoms with Gasteiger partial charge >= 0.3 is 0 Å². The molecule has 0 bridgehead atoms. The van der Waals surface area contributed by atoms with Gasteiger partial charge < -0.3 is 16.4 Å². The van der Waals surface area contributed by atoms with Crippen LogP contribution in [-0.2, 0) is 4.79 Å². The molecule has 0 aliphatic heterocycles. The minimum atomic E-state index is -0.629. The Morgan fingerprint density at radius 1 is 1.26 bits per heavy atom. The van der Waals surface area contributed by atoms with Gasteiger partial charge in [-0.3, -0.25) is 9.59 Å². The summed E-state index contributed by atoms with van der Waals surface area (Å²) in [4.78, 5) is 28.8. The van der Waals surface area contributed by atoms with Crippen molar-refractivity contribution < 1.29 is 9.59 Å². The van der Waals surface area contributed by atoms with Crippen molar-refractivity contribution in [2.75, 3.05) is 11.9 Å². The van der Waals surface area contributed by atoms with Crippen molar-refractivity contribution in [3.63, 3.8) is 0 Å². The van der Waals surface area contributed by atoms with E-state index >= 15 is 0 Å². The summed E-state index contributed by atoms with van der Waals surface area (Å²) in [6, 6.07) is 8.27. The molecule has 2 amide bonds. The lowest BCUT2D eigenvalue weighted by molar-refractivity contribution is -0.118. The van der Waals surface area contributed by atoms with Crippen LogP contribution in [-0.4, -0.2) is 29.4 Å². The minimum Gasteiger partial charge on any atom is -0.352 e. The van der Waals surface area contributed by atoms with Crippen LogP contribution in [0.15, 0.2) is 30.3 Å². The number of rotatable bonds is 5. The van der Waals surface area contributed by atoms with Crippen LogP contribution in [0.2, 0.25) is 0 Å². The van der Waals surface area contributed by atoms with Crippen molar-refractivity contribution in [3.05, 3.63) is 35.9 Å². The van der Waals surface area contributed by atoms with E-state index in [4.69, 9.17) is 5.73 Å². The van der Waals surface area contributed by atoms with Crippen LogP contribution in [0.25, 0.3) is 10.9 Å². The Labute approximate surface area is 135 Å². The monoisotopic (exact) mass is 314 g/mol.